The molecule has 1 aliphatic rings. The smallest absolute Gasteiger partial charge is 0.220 e. The molecule has 1 unspecified atom stereocenters. The molecular weight excluding hydrogens is 202 g/mol. The van der Waals surface area contributed by atoms with Crippen LogP contribution < -0.4 is 5.32 Å². The van der Waals surface area contributed by atoms with E-state index in [9.17, 15) is 4.79 Å². The molecule has 1 fully saturated rings. The van der Waals surface area contributed by atoms with Gasteiger partial charge in [0, 0.05) is 13.0 Å². The Labute approximate surface area is 98.6 Å². The Bertz CT molecular complexity index is 220. The number of nitrogens with one attached hydrogen (secondary N) is 1. The number of amides is 1. The third-order valence-electron chi connectivity index (χ3n) is 3.56. The van der Waals surface area contributed by atoms with Crippen LogP contribution in [0.5, 0.6) is 0 Å². The minimum absolute atomic E-state index is 0.0766. The standard InChI is InChI=1S/C13H25NO2/c1-11(15)6-7-12(16)14-10-13(2)8-4-3-5-9-13/h11,15H,3-10H2,1-2H3,(H,14,16). The zero-order chi connectivity index (χ0) is 12.0. The first-order valence-corrected chi connectivity index (χ1v) is 6.47. The van der Waals surface area contributed by atoms with Crippen LogP contribution in [-0.4, -0.2) is 23.7 Å². The van der Waals surface area contributed by atoms with E-state index in [2.05, 4.69) is 12.2 Å². The van der Waals surface area contributed by atoms with E-state index < -0.39 is 0 Å². The van der Waals surface area contributed by atoms with Gasteiger partial charge in [-0.05, 0) is 31.6 Å². The summed E-state index contributed by atoms with van der Waals surface area (Å²) in [6.07, 6.45) is 6.99. The van der Waals surface area contributed by atoms with Crippen LogP contribution in [0.2, 0.25) is 0 Å². The fourth-order valence-electron chi connectivity index (χ4n) is 2.32. The lowest BCUT2D eigenvalue weighted by Crippen LogP contribution is -2.37. The van der Waals surface area contributed by atoms with E-state index in [0.717, 1.165) is 6.54 Å². The van der Waals surface area contributed by atoms with Crippen molar-refractivity contribution in [3.63, 3.8) is 0 Å². The molecule has 1 amide bonds. The molecule has 1 rings (SSSR count). The van der Waals surface area contributed by atoms with Gasteiger partial charge in [-0.1, -0.05) is 26.2 Å². The molecule has 0 aromatic carbocycles. The van der Waals surface area contributed by atoms with Crippen LogP contribution in [0.1, 0.15) is 58.8 Å². The maximum Gasteiger partial charge on any atom is 0.220 e. The average Bonchev–Trinajstić information content (AvgIpc) is 2.25. The number of carbonyl (C=O) groups excluding carboxylic acids is 1. The Morgan fingerprint density at radius 2 is 2.00 bits per heavy atom. The van der Waals surface area contributed by atoms with Gasteiger partial charge in [0.15, 0.2) is 0 Å². The van der Waals surface area contributed by atoms with Crippen molar-refractivity contribution in [3.05, 3.63) is 0 Å². The minimum atomic E-state index is -0.379. The zero-order valence-electron chi connectivity index (χ0n) is 10.6. The van der Waals surface area contributed by atoms with Gasteiger partial charge in [-0.25, -0.2) is 0 Å². The van der Waals surface area contributed by atoms with Crippen LogP contribution in [0.25, 0.3) is 0 Å². The summed E-state index contributed by atoms with van der Waals surface area (Å²) in [4.78, 5) is 11.5. The SMILES string of the molecule is CC(O)CCC(=O)NCC1(C)CCCCC1. The Morgan fingerprint density at radius 1 is 1.38 bits per heavy atom. The lowest BCUT2D eigenvalue weighted by molar-refractivity contribution is -0.122. The van der Waals surface area contributed by atoms with Crippen LogP contribution in [0.3, 0.4) is 0 Å². The molecule has 3 heteroatoms. The summed E-state index contributed by atoms with van der Waals surface area (Å²) in [6.45, 7) is 4.78. The van der Waals surface area contributed by atoms with Crippen molar-refractivity contribution < 1.29 is 9.90 Å². The van der Waals surface area contributed by atoms with E-state index in [1.165, 1.54) is 32.1 Å². The van der Waals surface area contributed by atoms with Gasteiger partial charge < -0.3 is 10.4 Å². The highest BCUT2D eigenvalue weighted by Gasteiger charge is 2.26. The summed E-state index contributed by atoms with van der Waals surface area (Å²) >= 11 is 0. The summed E-state index contributed by atoms with van der Waals surface area (Å²) in [5, 5.41) is 12.1. The summed E-state index contributed by atoms with van der Waals surface area (Å²) in [7, 11) is 0. The Kier molecular flexibility index (Phi) is 5.26. The fraction of sp³-hybridized carbons (Fsp3) is 0.923. The molecule has 0 spiro atoms. The van der Waals surface area contributed by atoms with Crippen LogP contribution >= 0.6 is 0 Å². The van der Waals surface area contributed by atoms with Gasteiger partial charge in [-0.15, -0.1) is 0 Å². The average molecular weight is 227 g/mol. The van der Waals surface area contributed by atoms with Crippen molar-refractivity contribution in [1.82, 2.24) is 5.32 Å². The van der Waals surface area contributed by atoms with Crippen LogP contribution in [0.15, 0.2) is 0 Å². The van der Waals surface area contributed by atoms with E-state index >= 15 is 0 Å². The first-order valence-electron chi connectivity index (χ1n) is 6.47. The van der Waals surface area contributed by atoms with Gasteiger partial charge in [-0.2, -0.15) is 0 Å². The van der Waals surface area contributed by atoms with Crippen LogP contribution in [-0.2, 0) is 4.79 Å². The molecule has 1 aliphatic carbocycles. The minimum Gasteiger partial charge on any atom is -0.393 e. The van der Waals surface area contributed by atoms with Crippen LogP contribution in [0, 0.1) is 5.41 Å². The second kappa shape index (κ2) is 6.24. The Morgan fingerprint density at radius 3 is 2.56 bits per heavy atom. The highest BCUT2D eigenvalue weighted by Crippen LogP contribution is 2.34. The maximum atomic E-state index is 11.5. The number of hydrogen-bond acceptors (Lipinski definition) is 2. The van der Waals surface area contributed by atoms with Gasteiger partial charge in [0.05, 0.1) is 6.10 Å². The summed E-state index contributed by atoms with van der Waals surface area (Å²) < 4.78 is 0. The van der Waals surface area contributed by atoms with E-state index in [1.54, 1.807) is 6.92 Å². The van der Waals surface area contributed by atoms with Crippen molar-refractivity contribution in [2.75, 3.05) is 6.54 Å². The first-order chi connectivity index (χ1) is 7.52. The number of rotatable bonds is 5. The second-order valence-corrected chi connectivity index (χ2v) is 5.54. The molecule has 94 valence electrons. The number of carbonyl (C=O) groups is 1. The van der Waals surface area contributed by atoms with E-state index in [1.807, 2.05) is 0 Å². The number of hydrogen-bond donors (Lipinski definition) is 2. The number of aliphatic hydroxyl groups is 1. The third kappa shape index (κ3) is 4.97. The topological polar surface area (TPSA) is 49.3 Å². The predicted molar refractivity (Wildman–Crippen MR) is 65.1 cm³/mol. The molecule has 1 atom stereocenters. The molecule has 0 radical (unpaired) electrons. The molecule has 3 nitrogen and oxygen atoms in total. The largest absolute Gasteiger partial charge is 0.393 e. The van der Waals surface area contributed by atoms with Gasteiger partial charge in [0.25, 0.3) is 0 Å². The summed E-state index contributed by atoms with van der Waals surface area (Å²) in [6, 6.07) is 0. The molecule has 1 saturated carbocycles. The molecule has 0 bridgehead atoms. The molecule has 0 aliphatic heterocycles. The molecule has 0 heterocycles. The van der Waals surface area contributed by atoms with Crippen molar-refractivity contribution in [3.8, 4) is 0 Å². The third-order valence-corrected chi connectivity index (χ3v) is 3.56. The maximum absolute atomic E-state index is 11.5. The second-order valence-electron chi connectivity index (χ2n) is 5.54. The Hall–Kier alpha value is -0.570. The fourth-order valence-corrected chi connectivity index (χ4v) is 2.32. The number of aliphatic hydroxyl groups excluding tert-OH is 1. The molecule has 2 N–H and O–H groups in total. The molecule has 0 aromatic heterocycles. The Balaban J connectivity index is 2.19. The molecule has 0 aromatic rings. The lowest BCUT2D eigenvalue weighted by Gasteiger charge is -2.33. The van der Waals surface area contributed by atoms with E-state index in [4.69, 9.17) is 5.11 Å². The highest BCUT2D eigenvalue weighted by molar-refractivity contribution is 5.75. The van der Waals surface area contributed by atoms with Gasteiger partial charge in [-0.3, -0.25) is 4.79 Å². The first kappa shape index (κ1) is 13.5. The van der Waals surface area contributed by atoms with Crippen molar-refractivity contribution >= 4 is 5.91 Å². The molecule has 0 saturated heterocycles. The highest BCUT2D eigenvalue weighted by atomic mass is 16.3. The summed E-state index contributed by atoms with van der Waals surface area (Å²) in [5.41, 5.74) is 0.304. The van der Waals surface area contributed by atoms with Gasteiger partial charge in [0.1, 0.15) is 0 Å². The van der Waals surface area contributed by atoms with Crippen LogP contribution in [0.4, 0.5) is 0 Å². The van der Waals surface area contributed by atoms with Crippen molar-refractivity contribution in [1.29, 1.82) is 0 Å². The molecule has 16 heavy (non-hydrogen) atoms. The van der Waals surface area contributed by atoms with Crippen molar-refractivity contribution in [2.45, 2.75) is 64.9 Å². The lowest BCUT2D eigenvalue weighted by atomic mass is 9.76. The van der Waals surface area contributed by atoms with Crippen molar-refractivity contribution in [2.24, 2.45) is 5.41 Å². The monoisotopic (exact) mass is 227 g/mol. The molecular formula is C13H25NO2. The van der Waals surface area contributed by atoms with Gasteiger partial charge in [0.2, 0.25) is 5.91 Å². The van der Waals surface area contributed by atoms with E-state index in [-0.39, 0.29) is 12.0 Å². The zero-order valence-corrected chi connectivity index (χ0v) is 10.6. The van der Waals surface area contributed by atoms with E-state index in [0.29, 0.717) is 18.3 Å². The predicted octanol–water partition coefficient (Wildman–Crippen LogP) is 2.23. The normalized spacial score (nSPS) is 21.4. The van der Waals surface area contributed by atoms with Gasteiger partial charge >= 0.3 is 0 Å². The quantitative estimate of drug-likeness (QED) is 0.756. The summed E-state index contributed by atoms with van der Waals surface area (Å²) in [5.74, 6) is 0.0766.